The molecule has 0 spiro atoms. The van der Waals surface area contributed by atoms with Crippen LogP contribution in [-0.4, -0.2) is 77.5 Å². The molecule has 0 radical (unpaired) electrons. The highest BCUT2D eigenvalue weighted by Gasteiger charge is 2.39. The molecule has 3 aliphatic rings. The average Bonchev–Trinajstić information content (AvgIpc) is 3.42. The first-order valence-corrected chi connectivity index (χ1v) is 13.1. The van der Waals surface area contributed by atoms with Gasteiger partial charge in [-0.2, -0.15) is 0 Å². The van der Waals surface area contributed by atoms with E-state index in [1.54, 1.807) is 41.0 Å². The van der Waals surface area contributed by atoms with E-state index in [1.165, 1.54) is 17.8 Å². The smallest absolute Gasteiger partial charge is 0.275 e. The Labute approximate surface area is 208 Å². The number of fused-ring (bicyclic) bond motifs is 2. The van der Waals surface area contributed by atoms with Crippen molar-refractivity contribution < 1.29 is 23.9 Å². The molecular formula is C25H30N4O5S. The number of carbonyl (C=O) groups excluding carboxylic acids is 3. The second-order valence-corrected chi connectivity index (χ2v) is 10.1. The summed E-state index contributed by atoms with van der Waals surface area (Å²) in [6.45, 7) is 1.95. The number of hydrogen-bond acceptors (Lipinski definition) is 7. The van der Waals surface area contributed by atoms with Crippen LogP contribution in [0.25, 0.3) is 0 Å². The van der Waals surface area contributed by atoms with Gasteiger partial charge < -0.3 is 24.6 Å². The zero-order chi connectivity index (χ0) is 24.4. The Balaban J connectivity index is 1.27. The van der Waals surface area contributed by atoms with Crippen LogP contribution in [0.2, 0.25) is 0 Å². The fraction of sp³-hybridized carbons (Fsp3) is 0.520. The fourth-order valence-corrected chi connectivity index (χ4v) is 5.62. The molecule has 2 fully saturated rings. The van der Waals surface area contributed by atoms with Crippen molar-refractivity contribution in [2.24, 2.45) is 0 Å². The zero-order valence-electron chi connectivity index (χ0n) is 19.8. The summed E-state index contributed by atoms with van der Waals surface area (Å²) in [5.41, 5.74) is 2.82. The lowest BCUT2D eigenvalue weighted by Gasteiger charge is -2.42. The molecule has 10 heteroatoms. The number of hydrogen-bond donors (Lipinski definition) is 1. The average molecular weight is 499 g/mol. The summed E-state index contributed by atoms with van der Waals surface area (Å²) in [6, 6.07) is 4.89. The van der Waals surface area contributed by atoms with E-state index in [0.29, 0.717) is 29.1 Å². The second kappa shape index (κ2) is 10.3. The normalized spacial score (nSPS) is 24.5. The van der Waals surface area contributed by atoms with Crippen molar-refractivity contribution in [2.75, 3.05) is 32.1 Å². The minimum Gasteiger partial charge on any atom is -0.490 e. The molecule has 3 amide bonds. The third-order valence-electron chi connectivity index (χ3n) is 7.05. The van der Waals surface area contributed by atoms with E-state index in [1.807, 2.05) is 4.90 Å². The summed E-state index contributed by atoms with van der Waals surface area (Å²) < 4.78 is 12.3. The van der Waals surface area contributed by atoms with E-state index in [0.717, 1.165) is 38.8 Å². The van der Waals surface area contributed by atoms with E-state index < -0.39 is 0 Å². The van der Waals surface area contributed by atoms with Crippen molar-refractivity contribution in [3.8, 4) is 5.75 Å². The molecule has 9 nitrogen and oxygen atoms in total. The number of benzene rings is 1. The van der Waals surface area contributed by atoms with Gasteiger partial charge in [-0.25, -0.2) is 4.98 Å². The number of aromatic nitrogens is 1. The van der Waals surface area contributed by atoms with Crippen LogP contribution in [0.4, 0.5) is 5.69 Å². The van der Waals surface area contributed by atoms with Gasteiger partial charge in [0.05, 0.1) is 29.6 Å². The maximum Gasteiger partial charge on any atom is 0.275 e. The van der Waals surface area contributed by atoms with Crippen molar-refractivity contribution in [2.45, 2.75) is 56.8 Å². The number of nitrogens with one attached hydrogen (secondary N) is 1. The van der Waals surface area contributed by atoms with Crippen LogP contribution in [0.15, 0.2) is 29.1 Å². The lowest BCUT2D eigenvalue weighted by Crippen LogP contribution is -2.54. The Morgan fingerprint density at radius 3 is 2.80 bits per heavy atom. The Hall–Kier alpha value is -2.98. The third kappa shape index (κ3) is 5.18. The SMILES string of the molecule is CN1C(=O)c2cc(NC(=O)c3cscn3)ccc2OC[C@@H]2O[C@@H](CC(=O)N3CCCCC3)CC[C@@H]21. The lowest BCUT2D eigenvalue weighted by molar-refractivity contribution is -0.143. The molecule has 1 aromatic carbocycles. The fourth-order valence-electron chi connectivity index (χ4n) is 5.09. The molecule has 186 valence electrons. The number of thiazole rings is 1. The summed E-state index contributed by atoms with van der Waals surface area (Å²) in [6.07, 6.45) is 4.68. The topological polar surface area (TPSA) is 101 Å². The van der Waals surface area contributed by atoms with E-state index in [4.69, 9.17) is 9.47 Å². The molecule has 1 aromatic heterocycles. The van der Waals surface area contributed by atoms with Gasteiger partial charge in [0.15, 0.2) is 0 Å². The van der Waals surface area contributed by atoms with Crippen LogP contribution >= 0.6 is 11.3 Å². The summed E-state index contributed by atoms with van der Waals surface area (Å²) >= 11 is 1.34. The Bertz CT molecular complexity index is 1090. The van der Waals surface area contributed by atoms with Gasteiger partial charge in [-0.05, 0) is 50.3 Å². The Kier molecular flexibility index (Phi) is 7.01. The molecule has 3 atom stereocenters. The van der Waals surface area contributed by atoms with Crippen LogP contribution in [-0.2, 0) is 9.53 Å². The van der Waals surface area contributed by atoms with Gasteiger partial charge in [-0.3, -0.25) is 14.4 Å². The largest absolute Gasteiger partial charge is 0.490 e. The minimum absolute atomic E-state index is 0.148. The van der Waals surface area contributed by atoms with Gasteiger partial charge in [0, 0.05) is 31.2 Å². The van der Waals surface area contributed by atoms with Gasteiger partial charge in [-0.15, -0.1) is 11.3 Å². The highest BCUT2D eigenvalue weighted by molar-refractivity contribution is 7.07. The van der Waals surface area contributed by atoms with Gasteiger partial charge in [0.1, 0.15) is 24.2 Å². The number of nitrogens with zero attached hydrogens (tertiary/aromatic N) is 3. The van der Waals surface area contributed by atoms with Gasteiger partial charge in [0.25, 0.3) is 11.8 Å². The van der Waals surface area contributed by atoms with E-state index in [9.17, 15) is 14.4 Å². The molecule has 5 rings (SSSR count). The van der Waals surface area contributed by atoms with Crippen LogP contribution < -0.4 is 10.1 Å². The summed E-state index contributed by atoms with van der Waals surface area (Å²) in [4.78, 5) is 46.2. The van der Waals surface area contributed by atoms with E-state index >= 15 is 0 Å². The minimum atomic E-state index is -0.329. The van der Waals surface area contributed by atoms with Gasteiger partial charge in [0.2, 0.25) is 5.91 Å². The number of carbonyl (C=O) groups is 3. The zero-order valence-corrected chi connectivity index (χ0v) is 20.6. The summed E-state index contributed by atoms with van der Waals surface area (Å²) in [5.74, 6) is 0.0829. The molecular weight excluding hydrogens is 468 g/mol. The number of anilines is 1. The van der Waals surface area contributed by atoms with Crippen molar-refractivity contribution in [1.29, 1.82) is 0 Å². The van der Waals surface area contributed by atoms with Crippen molar-refractivity contribution in [1.82, 2.24) is 14.8 Å². The summed E-state index contributed by atoms with van der Waals surface area (Å²) in [5, 5.41) is 4.46. The predicted octanol–water partition coefficient (Wildman–Crippen LogP) is 3.18. The Morgan fingerprint density at radius 1 is 1.20 bits per heavy atom. The predicted molar refractivity (Wildman–Crippen MR) is 131 cm³/mol. The first-order chi connectivity index (χ1) is 17.0. The number of likely N-dealkylation sites (N-methyl/N-ethyl adjacent to an activating group) is 1. The van der Waals surface area contributed by atoms with Gasteiger partial charge >= 0.3 is 0 Å². The first-order valence-electron chi connectivity index (χ1n) is 12.2. The molecule has 35 heavy (non-hydrogen) atoms. The number of likely N-dealkylation sites (tertiary alicyclic amines) is 1. The van der Waals surface area contributed by atoms with E-state index in [-0.39, 0.29) is 42.6 Å². The number of amides is 3. The monoisotopic (exact) mass is 498 g/mol. The van der Waals surface area contributed by atoms with Crippen molar-refractivity contribution in [3.05, 3.63) is 40.3 Å². The van der Waals surface area contributed by atoms with E-state index in [2.05, 4.69) is 10.3 Å². The highest BCUT2D eigenvalue weighted by atomic mass is 32.1. The quantitative estimate of drug-likeness (QED) is 0.695. The molecule has 0 saturated carbocycles. The number of rotatable bonds is 4. The Morgan fingerprint density at radius 2 is 2.03 bits per heavy atom. The molecule has 2 saturated heterocycles. The lowest BCUT2D eigenvalue weighted by atomic mass is 9.94. The van der Waals surface area contributed by atoms with Gasteiger partial charge in [-0.1, -0.05) is 0 Å². The number of ether oxygens (including phenoxy) is 2. The van der Waals surface area contributed by atoms with Crippen LogP contribution in [0, 0.1) is 0 Å². The van der Waals surface area contributed by atoms with Crippen molar-refractivity contribution in [3.63, 3.8) is 0 Å². The second-order valence-electron chi connectivity index (χ2n) is 9.35. The van der Waals surface area contributed by atoms with Crippen LogP contribution in [0.5, 0.6) is 5.75 Å². The highest BCUT2D eigenvalue weighted by Crippen LogP contribution is 2.33. The maximum atomic E-state index is 13.4. The maximum absolute atomic E-state index is 13.4. The van der Waals surface area contributed by atoms with Crippen LogP contribution in [0.1, 0.15) is 59.4 Å². The molecule has 0 aliphatic carbocycles. The van der Waals surface area contributed by atoms with Crippen LogP contribution in [0.3, 0.4) is 0 Å². The molecule has 2 aromatic rings. The standard InChI is InChI=1S/C25H30N4O5S/c1-28-20-7-6-17(12-23(30)29-9-3-2-4-10-29)34-22(20)13-33-21-8-5-16(11-18(21)25(28)32)27-24(31)19-14-35-15-26-19/h5,8,11,14-15,17,20,22H,2-4,6-7,9-10,12-13H2,1H3,(H,27,31)/t17-,20+,22+/m1/s1. The third-order valence-corrected chi connectivity index (χ3v) is 7.63. The first kappa shape index (κ1) is 23.7. The van der Waals surface area contributed by atoms with Crippen molar-refractivity contribution >= 4 is 34.7 Å². The molecule has 4 heterocycles. The molecule has 0 unspecified atom stereocenters. The summed E-state index contributed by atoms with van der Waals surface area (Å²) in [7, 11) is 1.78. The number of piperidine rings is 1. The molecule has 1 N–H and O–H groups in total. The molecule has 0 bridgehead atoms. The molecule has 3 aliphatic heterocycles.